The largest absolute Gasteiger partial charge is 0.506 e. The Kier molecular flexibility index (Phi) is 6.15. The molecule has 0 radical (unpaired) electrons. The van der Waals surface area contributed by atoms with Crippen LogP contribution >= 0.6 is 11.6 Å². The van der Waals surface area contributed by atoms with Crippen LogP contribution in [0, 0.1) is 0 Å². The zero-order valence-corrected chi connectivity index (χ0v) is 20.7. The molecule has 0 unspecified atom stereocenters. The van der Waals surface area contributed by atoms with E-state index in [2.05, 4.69) is 10.3 Å². The van der Waals surface area contributed by atoms with E-state index in [1.807, 2.05) is 42.6 Å². The molecule has 3 heterocycles. The molecule has 2 aromatic heterocycles. The second-order valence-corrected chi connectivity index (χ2v) is 9.01. The van der Waals surface area contributed by atoms with Gasteiger partial charge in [0.15, 0.2) is 11.5 Å². The van der Waals surface area contributed by atoms with Gasteiger partial charge in [-0.05, 0) is 72.3 Å². The van der Waals surface area contributed by atoms with Crippen molar-refractivity contribution in [2.24, 2.45) is 0 Å². The van der Waals surface area contributed by atoms with Crippen molar-refractivity contribution in [3.05, 3.63) is 102 Å². The number of aromatic nitrogens is 3. The molecule has 0 atom stereocenters. The van der Waals surface area contributed by atoms with E-state index in [1.54, 1.807) is 53.5 Å². The Morgan fingerprint density at radius 3 is 2.55 bits per heavy atom. The standard InChI is InChI=1S/C29H21ClN4O4/c30-24-14-19(4-6-25(24)35)28-23(18-8-10-31-11-9-18)17-34(33-28)22-3-1-2-21(16-22)32-29(36)20-5-7-26-27(15-20)38-13-12-37-26/h1-11,14-17,35H,12-13H2,(H,32,36). The van der Waals surface area contributed by atoms with Crippen LogP contribution in [0.3, 0.4) is 0 Å². The van der Waals surface area contributed by atoms with Gasteiger partial charge in [-0.3, -0.25) is 9.78 Å². The number of ether oxygens (including phenoxy) is 2. The summed E-state index contributed by atoms with van der Waals surface area (Å²) in [5.41, 5.74) is 5.04. The quantitative estimate of drug-likeness (QED) is 0.293. The molecule has 0 bridgehead atoms. The summed E-state index contributed by atoms with van der Waals surface area (Å²) >= 11 is 6.20. The van der Waals surface area contributed by atoms with E-state index in [0.29, 0.717) is 41.7 Å². The maximum atomic E-state index is 13.0. The highest BCUT2D eigenvalue weighted by Crippen LogP contribution is 2.36. The fourth-order valence-corrected chi connectivity index (χ4v) is 4.41. The number of aromatic hydroxyl groups is 1. The fourth-order valence-electron chi connectivity index (χ4n) is 4.23. The van der Waals surface area contributed by atoms with E-state index in [-0.39, 0.29) is 16.7 Å². The summed E-state index contributed by atoms with van der Waals surface area (Å²) in [7, 11) is 0. The van der Waals surface area contributed by atoms with Gasteiger partial charge in [0.25, 0.3) is 5.91 Å². The van der Waals surface area contributed by atoms with E-state index < -0.39 is 0 Å². The van der Waals surface area contributed by atoms with E-state index >= 15 is 0 Å². The molecular weight excluding hydrogens is 504 g/mol. The molecule has 0 saturated heterocycles. The van der Waals surface area contributed by atoms with Crippen LogP contribution in [0.25, 0.3) is 28.1 Å². The number of nitrogens with zero attached hydrogens (tertiary/aromatic N) is 3. The molecule has 0 aliphatic carbocycles. The van der Waals surface area contributed by atoms with Crippen molar-refractivity contribution < 1.29 is 19.4 Å². The summed E-state index contributed by atoms with van der Waals surface area (Å²) < 4.78 is 12.9. The lowest BCUT2D eigenvalue weighted by atomic mass is 10.0. The number of hydrogen-bond donors (Lipinski definition) is 2. The molecule has 8 nitrogen and oxygen atoms in total. The van der Waals surface area contributed by atoms with Gasteiger partial charge >= 0.3 is 0 Å². The number of nitrogens with one attached hydrogen (secondary N) is 1. The summed E-state index contributed by atoms with van der Waals surface area (Å²) in [5, 5.41) is 17.9. The number of pyridine rings is 1. The monoisotopic (exact) mass is 524 g/mol. The van der Waals surface area contributed by atoms with Crippen LogP contribution in [0.15, 0.2) is 91.4 Å². The Labute approximate surface area is 223 Å². The minimum atomic E-state index is -0.267. The molecule has 6 rings (SSSR count). The van der Waals surface area contributed by atoms with E-state index in [4.69, 9.17) is 26.2 Å². The molecule has 188 valence electrons. The molecule has 2 N–H and O–H groups in total. The van der Waals surface area contributed by atoms with E-state index in [0.717, 1.165) is 22.4 Å². The second kappa shape index (κ2) is 9.91. The fraction of sp³-hybridized carbons (Fsp3) is 0.0690. The summed E-state index contributed by atoms with van der Waals surface area (Å²) in [4.78, 5) is 17.1. The molecule has 9 heteroatoms. The average Bonchev–Trinajstić information content (AvgIpc) is 3.41. The highest BCUT2D eigenvalue weighted by atomic mass is 35.5. The lowest BCUT2D eigenvalue weighted by Gasteiger charge is -2.18. The number of halogens is 1. The number of hydrogen-bond acceptors (Lipinski definition) is 6. The smallest absolute Gasteiger partial charge is 0.255 e. The normalized spacial score (nSPS) is 12.2. The Bertz CT molecular complexity index is 1650. The first-order valence-corrected chi connectivity index (χ1v) is 12.2. The lowest BCUT2D eigenvalue weighted by molar-refractivity contribution is 0.102. The van der Waals surface area contributed by atoms with E-state index in [9.17, 15) is 9.90 Å². The van der Waals surface area contributed by atoms with Crippen LogP contribution in [-0.4, -0.2) is 39.0 Å². The Hall–Kier alpha value is -4.82. The van der Waals surface area contributed by atoms with Crippen LogP contribution in [-0.2, 0) is 0 Å². The minimum absolute atomic E-state index is 0.00164. The van der Waals surface area contributed by atoms with Crippen molar-refractivity contribution in [2.75, 3.05) is 18.5 Å². The molecule has 1 aliphatic rings. The molecular formula is C29H21ClN4O4. The first kappa shape index (κ1) is 23.6. The van der Waals surface area contributed by atoms with Crippen molar-refractivity contribution in [2.45, 2.75) is 0 Å². The van der Waals surface area contributed by atoms with Gasteiger partial charge in [-0.1, -0.05) is 17.7 Å². The number of benzene rings is 3. The van der Waals surface area contributed by atoms with Gasteiger partial charge < -0.3 is 19.9 Å². The van der Waals surface area contributed by atoms with Crippen molar-refractivity contribution in [3.8, 4) is 45.3 Å². The zero-order chi connectivity index (χ0) is 26.1. The van der Waals surface area contributed by atoms with Crippen LogP contribution in [0.4, 0.5) is 5.69 Å². The molecule has 0 spiro atoms. The number of carbonyl (C=O) groups excluding carboxylic acids is 1. The summed E-state index contributed by atoms with van der Waals surface area (Å²) in [6.07, 6.45) is 5.34. The Morgan fingerprint density at radius 2 is 1.74 bits per heavy atom. The van der Waals surface area contributed by atoms with Crippen LogP contribution in [0.1, 0.15) is 10.4 Å². The first-order valence-electron chi connectivity index (χ1n) is 11.9. The topological polar surface area (TPSA) is 98.5 Å². The predicted molar refractivity (Wildman–Crippen MR) is 144 cm³/mol. The Morgan fingerprint density at radius 1 is 0.921 bits per heavy atom. The molecule has 1 amide bonds. The highest BCUT2D eigenvalue weighted by Gasteiger charge is 2.17. The maximum absolute atomic E-state index is 13.0. The number of amides is 1. The highest BCUT2D eigenvalue weighted by molar-refractivity contribution is 6.32. The Balaban J connectivity index is 1.33. The third-order valence-corrected chi connectivity index (χ3v) is 6.40. The molecule has 0 saturated carbocycles. The number of phenols is 1. The molecule has 0 fully saturated rings. The SMILES string of the molecule is O=C(Nc1cccc(-n2cc(-c3ccncc3)c(-c3ccc(O)c(Cl)c3)n2)c1)c1ccc2c(c1)OCCO2. The predicted octanol–water partition coefficient (Wildman–Crippen LogP) is 5.98. The third kappa shape index (κ3) is 4.65. The van der Waals surface area contributed by atoms with Gasteiger partial charge in [0, 0.05) is 41.0 Å². The van der Waals surface area contributed by atoms with E-state index in [1.165, 1.54) is 0 Å². The third-order valence-electron chi connectivity index (χ3n) is 6.10. The number of carbonyl (C=O) groups is 1. The lowest BCUT2D eigenvalue weighted by Crippen LogP contribution is -2.17. The van der Waals surface area contributed by atoms with Crippen molar-refractivity contribution in [3.63, 3.8) is 0 Å². The number of rotatable bonds is 5. The van der Waals surface area contributed by atoms with Gasteiger partial charge in [-0.2, -0.15) is 5.10 Å². The first-order chi connectivity index (χ1) is 18.5. The van der Waals surface area contributed by atoms with Gasteiger partial charge in [-0.25, -0.2) is 4.68 Å². The van der Waals surface area contributed by atoms with Gasteiger partial charge in [0.05, 0.1) is 10.7 Å². The van der Waals surface area contributed by atoms with Gasteiger partial charge in [-0.15, -0.1) is 0 Å². The number of fused-ring (bicyclic) bond motifs is 1. The van der Waals surface area contributed by atoms with Gasteiger partial charge in [0.1, 0.15) is 24.7 Å². The van der Waals surface area contributed by atoms with Crippen LogP contribution in [0.5, 0.6) is 17.2 Å². The van der Waals surface area contributed by atoms with Gasteiger partial charge in [0.2, 0.25) is 0 Å². The van der Waals surface area contributed by atoms with Crippen LogP contribution < -0.4 is 14.8 Å². The zero-order valence-electron chi connectivity index (χ0n) is 20.0. The molecule has 3 aromatic carbocycles. The number of anilines is 1. The minimum Gasteiger partial charge on any atom is -0.506 e. The summed E-state index contributed by atoms with van der Waals surface area (Å²) in [5.74, 6) is 0.919. The maximum Gasteiger partial charge on any atom is 0.255 e. The van der Waals surface area contributed by atoms with Crippen molar-refractivity contribution in [1.82, 2.24) is 14.8 Å². The van der Waals surface area contributed by atoms with Crippen molar-refractivity contribution >= 4 is 23.2 Å². The average molecular weight is 525 g/mol. The van der Waals surface area contributed by atoms with Crippen LogP contribution in [0.2, 0.25) is 5.02 Å². The second-order valence-electron chi connectivity index (χ2n) is 8.60. The summed E-state index contributed by atoms with van der Waals surface area (Å²) in [6, 6.07) is 21.3. The molecule has 5 aromatic rings. The molecule has 1 aliphatic heterocycles. The number of phenolic OH excluding ortho intramolecular Hbond substituents is 1. The molecule has 38 heavy (non-hydrogen) atoms. The summed E-state index contributed by atoms with van der Waals surface area (Å²) in [6.45, 7) is 0.937. The van der Waals surface area contributed by atoms with Crippen molar-refractivity contribution in [1.29, 1.82) is 0 Å².